The second kappa shape index (κ2) is 10.2. The molecule has 0 aliphatic carbocycles. The van der Waals surface area contributed by atoms with Crippen molar-refractivity contribution in [3.8, 4) is 10.6 Å². The minimum atomic E-state index is 0. The summed E-state index contributed by atoms with van der Waals surface area (Å²) in [7, 11) is 1.77. The molecule has 2 heterocycles. The van der Waals surface area contributed by atoms with Gasteiger partial charge in [-0.25, -0.2) is 4.98 Å². The van der Waals surface area contributed by atoms with E-state index >= 15 is 0 Å². The summed E-state index contributed by atoms with van der Waals surface area (Å²) in [6.07, 6.45) is 1.79. The Bertz CT molecular complexity index is 834. The summed E-state index contributed by atoms with van der Waals surface area (Å²) >= 11 is 1.71. The summed E-state index contributed by atoms with van der Waals surface area (Å²) in [5, 5.41) is 7.67. The molecule has 7 heteroatoms. The Balaban J connectivity index is 0.00000243. The van der Waals surface area contributed by atoms with Crippen molar-refractivity contribution in [3.63, 3.8) is 0 Å². The van der Waals surface area contributed by atoms with Gasteiger partial charge in [0.15, 0.2) is 5.96 Å². The van der Waals surface area contributed by atoms with Gasteiger partial charge < -0.3 is 10.6 Å². The molecule has 0 amide bonds. The van der Waals surface area contributed by atoms with Gasteiger partial charge in [-0.05, 0) is 19.1 Å². The van der Waals surface area contributed by atoms with Crippen LogP contribution in [0.3, 0.4) is 0 Å². The van der Waals surface area contributed by atoms with Crippen LogP contribution in [0.5, 0.6) is 0 Å². The Morgan fingerprint density at radius 1 is 1.04 bits per heavy atom. The molecule has 0 unspecified atom stereocenters. The molecule has 0 bridgehead atoms. The molecular formula is C19H22IN5S. The number of pyridine rings is 1. The smallest absolute Gasteiger partial charge is 0.191 e. The van der Waals surface area contributed by atoms with Crippen molar-refractivity contribution < 1.29 is 0 Å². The van der Waals surface area contributed by atoms with Crippen molar-refractivity contribution in [3.05, 3.63) is 71.0 Å². The molecule has 3 aromatic rings. The molecule has 0 aliphatic rings. The minimum absolute atomic E-state index is 0. The number of hydrogen-bond acceptors (Lipinski definition) is 4. The van der Waals surface area contributed by atoms with E-state index in [0.29, 0.717) is 13.1 Å². The lowest BCUT2D eigenvalue weighted by molar-refractivity contribution is 0.796. The quantitative estimate of drug-likeness (QED) is 0.330. The summed E-state index contributed by atoms with van der Waals surface area (Å²) in [5.41, 5.74) is 3.18. The molecule has 0 radical (unpaired) electrons. The number of halogens is 1. The highest BCUT2D eigenvalue weighted by Crippen LogP contribution is 2.27. The molecule has 26 heavy (non-hydrogen) atoms. The predicted molar refractivity (Wildman–Crippen MR) is 119 cm³/mol. The summed E-state index contributed by atoms with van der Waals surface area (Å²) in [5.74, 6) is 0.750. The highest BCUT2D eigenvalue weighted by atomic mass is 127. The third kappa shape index (κ3) is 5.50. The first-order chi connectivity index (χ1) is 12.3. The molecule has 0 saturated carbocycles. The molecule has 1 aromatic carbocycles. The van der Waals surface area contributed by atoms with Crippen molar-refractivity contribution in [1.29, 1.82) is 0 Å². The Morgan fingerprint density at radius 2 is 1.77 bits per heavy atom. The first-order valence-corrected chi connectivity index (χ1v) is 8.94. The number of benzene rings is 1. The molecule has 0 spiro atoms. The van der Waals surface area contributed by atoms with Gasteiger partial charge in [-0.1, -0.05) is 36.4 Å². The number of nitrogens with zero attached hydrogens (tertiary/aromatic N) is 3. The molecular weight excluding hydrogens is 457 g/mol. The van der Waals surface area contributed by atoms with Crippen LogP contribution in [0.15, 0.2) is 59.7 Å². The summed E-state index contributed by atoms with van der Waals surface area (Å²) in [4.78, 5) is 14.5. The molecule has 136 valence electrons. The number of aryl methyl sites for hydroxylation is 1. The zero-order valence-electron chi connectivity index (χ0n) is 14.8. The maximum atomic E-state index is 4.69. The lowest BCUT2D eigenvalue weighted by Crippen LogP contribution is -2.36. The van der Waals surface area contributed by atoms with Crippen LogP contribution in [0.2, 0.25) is 0 Å². The highest BCUT2D eigenvalue weighted by molar-refractivity contribution is 14.0. The summed E-state index contributed by atoms with van der Waals surface area (Å²) < 4.78 is 0. The van der Waals surface area contributed by atoms with Gasteiger partial charge in [0.25, 0.3) is 0 Å². The first kappa shape index (κ1) is 20.3. The summed E-state index contributed by atoms with van der Waals surface area (Å²) in [6, 6.07) is 16.1. The topological polar surface area (TPSA) is 62.2 Å². The normalized spacial score (nSPS) is 10.9. The maximum absolute atomic E-state index is 4.69. The zero-order chi connectivity index (χ0) is 17.5. The highest BCUT2D eigenvalue weighted by Gasteiger charge is 2.09. The summed E-state index contributed by atoms with van der Waals surface area (Å²) in [6.45, 7) is 3.37. The van der Waals surface area contributed by atoms with Crippen LogP contribution in [0.1, 0.15) is 16.3 Å². The van der Waals surface area contributed by atoms with Crippen molar-refractivity contribution in [1.82, 2.24) is 20.6 Å². The number of hydrogen-bond donors (Lipinski definition) is 2. The van der Waals surface area contributed by atoms with Gasteiger partial charge in [0, 0.05) is 23.7 Å². The van der Waals surface area contributed by atoms with E-state index in [4.69, 9.17) is 0 Å². The molecule has 2 aromatic heterocycles. The Hall–Kier alpha value is -2.00. The second-order valence-electron chi connectivity index (χ2n) is 5.49. The van der Waals surface area contributed by atoms with E-state index in [1.54, 1.807) is 24.6 Å². The van der Waals surface area contributed by atoms with Crippen molar-refractivity contribution in [2.45, 2.75) is 20.0 Å². The number of thiazole rings is 1. The maximum Gasteiger partial charge on any atom is 0.191 e. The van der Waals surface area contributed by atoms with E-state index < -0.39 is 0 Å². The molecule has 2 N–H and O–H groups in total. The van der Waals surface area contributed by atoms with Crippen LogP contribution < -0.4 is 10.6 Å². The molecule has 0 aliphatic heterocycles. The monoisotopic (exact) mass is 479 g/mol. The standard InChI is InChI=1S/C19H21N5S.HI/c1-14-17(25-18(24-14)15-8-4-3-5-9-15)13-23-19(20-2)22-12-16-10-6-7-11-21-16;/h3-11H,12-13H2,1-2H3,(H2,20,22,23);1H. The van der Waals surface area contributed by atoms with E-state index in [-0.39, 0.29) is 24.0 Å². The fourth-order valence-corrected chi connectivity index (χ4v) is 3.37. The van der Waals surface area contributed by atoms with Crippen LogP contribution in [0.25, 0.3) is 10.6 Å². The van der Waals surface area contributed by atoms with Gasteiger partial charge in [-0.3, -0.25) is 9.98 Å². The number of guanidine groups is 1. The fourth-order valence-electron chi connectivity index (χ4n) is 2.36. The van der Waals surface area contributed by atoms with E-state index in [9.17, 15) is 0 Å². The van der Waals surface area contributed by atoms with Crippen LogP contribution >= 0.6 is 35.3 Å². The van der Waals surface area contributed by atoms with Gasteiger partial charge in [-0.2, -0.15) is 0 Å². The van der Waals surface area contributed by atoms with Gasteiger partial charge in [0.05, 0.1) is 24.5 Å². The van der Waals surface area contributed by atoms with Crippen molar-refractivity contribution >= 4 is 41.3 Å². The lowest BCUT2D eigenvalue weighted by atomic mass is 10.2. The Morgan fingerprint density at radius 3 is 2.46 bits per heavy atom. The Kier molecular flexibility index (Phi) is 7.99. The zero-order valence-corrected chi connectivity index (χ0v) is 17.9. The van der Waals surface area contributed by atoms with E-state index in [0.717, 1.165) is 27.9 Å². The van der Waals surface area contributed by atoms with Gasteiger partial charge in [0.1, 0.15) is 5.01 Å². The molecule has 5 nitrogen and oxygen atoms in total. The van der Waals surface area contributed by atoms with Crippen LogP contribution in [0.4, 0.5) is 0 Å². The third-order valence-corrected chi connectivity index (χ3v) is 4.92. The second-order valence-corrected chi connectivity index (χ2v) is 6.58. The molecule has 0 atom stereocenters. The fraction of sp³-hybridized carbons (Fsp3) is 0.211. The number of aliphatic imine (C=N–C) groups is 1. The average molecular weight is 479 g/mol. The lowest BCUT2D eigenvalue weighted by Gasteiger charge is -2.11. The van der Waals surface area contributed by atoms with Gasteiger partial charge >= 0.3 is 0 Å². The largest absolute Gasteiger partial charge is 0.351 e. The number of aromatic nitrogens is 2. The molecule has 0 saturated heterocycles. The number of nitrogens with one attached hydrogen (secondary N) is 2. The van der Waals surface area contributed by atoms with Gasteiger partial charge in [0.2, 0.25) is 0 Å². The van der Waals surface area contributed by atoms with E-state index in [1.165, 1.54) is 4.88 Å². The number of rotatable bonds is 5. The predicted octanol–water partition coefficient (Wildman–Crippen LogP) is 4.00. The van der Waals surface area contributed by atoms with Crippen LogP contribution in [-0.2, 0) is 13.1 Å². The third-order valence-electron chi connectivity index (χ3n) is 3.72. The van der Waals surface area contributed by atoms with Crippen LogP contribution in [0, 0.1) is 6.92 Å². The van der Waals surface area contributed by atoms with Crippen LogP contribution in [-0.4, -0.2) is 23.0 Å². The molecule has 0 fully saturated rings. The first-order valence-electron chi connectivity index (χ1n) is 8.12. The van der Waals surface area contributed by atoms with Gasteiger partial charge in [-0.15, -0.1) is 35.3 Å². The van der Waals surface area contributed by atoms with Crippen molar-refractivity contribution in [2.75, 3.05) is 7.05 Å². The van der Waals surface area contributed by atoms with Crippen molar-refractivity contribution in [2.24, 2.45) is 4.99 Å². The average Bonchev–Trinajstić information content (AvgIpc) is 3.04. The van der Waals surface area contributed by atoms with E-state index in [2.05, 4.69) is 37.7 Å². The minimum Gasteiger partial charge on any atom is -0.351 e. The Labute approximate surface area is 175 Å². The SMILES string of the molecule is CN=C(NCc1ccccn1)NCc1sc(-c2ccccc2)nc1C.I. The molecule has 3 rings (SSSR count). The van der Waals surface area contributed by atoms with E-state index in [1.807, 2.05) is 43.3 Å².